The fourth-order valence-corrected chi connectivity index (χ4v) is 1.98. The Hall–Kier alpha value is -2.58. The average molecular weight is 307 g/mol. The minimum atomic E-state index is -2.13. The molecule has 6 N–H and O–H groups in total. The first kappa shape index (κ1) is 14.8. The molecule has 7 nitrogen and oxygen atoms in total. The lowest BCUT2D eigenvalue weighted by Gasteiger charge is -2.09. The Labute approximate surface area is 123 Å². The quantitative estimate of drug-likeness (QED) is 0.494. The monoisotopic (exact) mass is 307 g/mol. The molecule has 0 aromatic heterocycles. The molecule has 1 atom stereocenters. The van der Waals surface area contributed by atoms with E-state index in [1.807, 2.05) is 0 Å². The van der Waals surface area contributed by atoms with Crippen molar-refractivity contribution < 1.29 is 18.3 Å². The highest BCUT2D eigenvalue weighted by Crippen LogP contribution is 2.26. The van der Waals surface area contributed by atoms with Gasteiger partial charge in [0.25, 0.3) is 17.2 Å². The molecule has 0 fully saturated rings. The Bertz CT molecular complexity index is 688. The molecule has 2 rings (SSSR count). The maximum Gasteiger partial charge on any atom is 0.259 e. The minimum absolute atomic E-state index is 0.182. The minimum Gasteiger partial charge on any atom is -0.457 e. The second kappa shape index (κ2) is 6.25. The zero-order valence-electron chi connectivity index (χ0n) is 10.8. The summed E-state index contributed by atoms with van der Waals surface area (Å²) in [4.78, 5) is 11.2. The first-order valence-corrected chi connectivity index (χ1v) is 6.91. The zero-order chi connectivity index (χ0) is 15.4. The van der Waals surface area contributed by atoms with E-state index in [-0.39, 0.29) is 11.3 Å². The van der Waals surface area contributed by atoms with Crippen LogP contribution >= 0.6 is 0 Å². The van der Waals surface area contributed by atoms with Gasteiger partial charge in [0.15, 0.2) is 0 Å². The zero-order valence-corrected chi connectivity index (χ0v) is 11.6. The fraction of sp³-hybridized carbons (Fsp3) is 0. The van der Waals surface area contributed by atoms with Crippen LogP contribution in [0.3, 0.4) is 0 Å². The van der Waals surface area contributed by atoms with Crippen LogP contribution in [0.15, 0.2) is 42.5 Å². The molecule has 1 amide bonds. The van der Waals surface area contributed by atoms with Gasteiger partial charge in [-0.1, -0.05) is 0 Å². The third kappa shape index (κ3) is 3.94. The van der Waals surface area contributed by atoms with E-state index in [0.29, 0.717) is 17.2 Å². The van der Waals surface area contributed by atoms with E-state index in [9.17, 15) is 9.00 Å². The number of nitrogens with one attached hydrogen (secondary N) is 1. The van der Waals surface area contributed by atoms with Gasteiger partial charge in [0.05, 0.1) is 5.56 Å². The van der Waals surface area contributed by atoms with E-state index in [0.717, 1.165) is 0 Å². The van der Waals surface area contributed by atoms with Crippen LogP contribution in [0.25, 0.3) is 0 Å². The van der Waals surface area contributed by atoms with Crippen molar-refractivity contribution in [1.29, 1.82) is 0 Å². The van der Waals surface area contributed by atoms with Gasteiger partial charge in [0.2, 0.25) is 0 Å². The van der Waals surface area contributed by atoms with Gasteiger partial charge in [-0.05, 0) is 42.5 Å². The first-order chi connectivity index (χ1) is 9.95. The second-order valence-electron chi connectivity index (χ2n) is 4.09. The van der Waals surface area contributed by atoms with Gasteiger partial charge in [-0.15, -0.1) is 0 Å². The number of nitrogens with two attached hydrogens (primary N) is 2. The molecule has 0 saturated heterocycles. The lowest BCUT2D eigenvalue weighted by molar-refractivity contribution is 0.100. The number of hydrogen-bond acceptors (Lipinski definition) is 4. The summed E-state index contributed by atoms with van der Waals surface area (Å²) in [7, 11) is 0. The Kier molecular flexibility index (Phi) is 4.41. The van der Waals surface area contributed by atoms with Crippen molar-refractivity contribution in [2.75, 3.05) is 10.5 Å². The van der Waals surface area contributed by atoms with Crippen molar-refractivity contribution in [3.05, 3.63) is 48.0 Å². The van der Waals surface area contributed by atoms with Gasteiger partial charge in [-0.25, -0.2) is 4.21 Å². The second-order valence-corrected chi connectivity index (χ2v) is 4.79. The summed E-state index contributed by atoms with van der Waals surface area (Å²) in [5, 5.41) is 0. The van der Waals surface area contributed by atoms with E-state index in [1.54, 1.807) is 30.3 Å². The molecule has 21 heavy (non-hydrogen) atoms. The molecule has 0 aliphatic heterocycles. The van der Waals surface area contributed by atoms with Crippen LogP contribution in [0.4, 0.5) is 11.4 Å². The van der Waals surface area contributed by atoms with E-state index in [4.69, 9.17) is 20.8 Å². The van der Waals surface area contributed by atoms with Crippen LogP contribution in [0.1, 0.15) is 10.4 Å². The normalized spacial score (nSPS) is 11.7. The smallest absolute Gasteiger partial charge is 0.259 e. The van der Waals surface area contributed by atoms with Crippen LogP contribution in [-0.4, -0.2) is 14.7 Å². The summed E-state index contributed by atoms with van der Waals surface area (Å²) < 4.78 is 27.2. The molecule has 0 bridgehead atoms. The molecule has 8 heteroatoms. The Morgan fingerprint density at radius 2 is 1.76 bits per heavy atom. The van der Waals surface area contributed by atoms with Crippen LogP contribution < -0.4 is 20.9 Å². The number of amides is 1. The summed E-state index contributed by atoms with van der Waals surface area (Å²) in [6.07, 6.45) is 0. The molecular weight excluding hydrogens is 294 g/mol. The van der Waals surface area contributed by atoms with Crippen molar-refractivity contribution in [3.63, 3.8) is 0 Å². The molecule has 0 spiro atoms. The third-order valence-electron chi connectivity index (χ3n) is 2.59. The number of carbonyl (C=O) groups is 1. The van der Waals surface area contributed by atoms with Crippen molar-refractivity contribution in [2.24, 2.45) is 5.73 Å². The first-order valence-electron chi connectivity index (χ1n) is 5.80. The molecule has 1 unspecified atom stereocenters. The van der Waals surface area contributed by atoms with Crippen LogP contribution in [-0.2, 0) is 11.3 Å². The number of primary amides is 1. The predicted octanol–water partition coefficient (Wildman–Crippen LogP) is 1.71. The summed E-state index contributed by atoms with van der Waals surface area (Å²) in [6, 6.07) is 11.0. The molecule has 0 heterocycles. The van der Waals surface area contributed by atoms with Crippen molar-refractivity contribution in [1.82, 2.24) is 0 Å². The molecule has 110 valence electrons. The topological polar surface area (TPSA) is 128 Å². The van der Waals surface area contributed by atoms with Gasteiger partial charge >= 0.3 is 0 Å². The third-order valence-corrected chi connectivity index (χ3v) is 3.00. The van der Waals surface area contributed by atoms with Crippen LogP contribution in [0.5, 0.6) is 11.5 Å². The summed E-state index contributed by atoms with van der Waals surface area (Å²) in [5.41, 5.74) is 11.8. The Morgan fingerprint density at radius 1 is 1.14 bits per heavy atom. The van der Waals surface area contributed by atoms with Crippen molar-refractivity contribution in [2.45, 2.75) is 0 Å². The van der Waals surface area contributed by atoms with E-state index < -0.39 is 17.2 Å². The number of hydrogen-bond donors (Lipinski definition) is 4. The summed E-state index contributed by atoms with van der Waals surface area (Å²) >= 11 is -2.13. The van der Waals surface area contributed by atoms with Gasteiger partial charge in [-0.2, -0.15) is 0 Å². The van der Waals surface area contributed by atoms with E-state index in [1.165, 1.54) is 12.1 Å². The SMILES string of the molecule is NC(=O)c1cc(Oc2ccc(NS(=O)O)cc2)ccc1N. The number of rotatable bonds is 5. The number of anilines is 2. The van der Waals surface area contributed by atoms with Crippen molar-refractivity contribution in [3.8, 4) is 11.5 Å². The number of carbonyl (C=O) groups excluding carboxylic acids is 1. The molecule has 2 aromatic rings. The maximum atomic E-state index is 11.2. The van der Waals surface area contributed by atoms with Crippen molar-refractivity contribution >= 4 is 28.5 Å². The van der Waals surface area contributed by atoms with E-state index >= 15 is 0 Å². The fourth-order valence-electron chi connectivity index (χ4n) is 1.64. The standard InChI is InChI=1S/C13H13N3O4S/c14-12-6-5-10(7-11(12)13(15)17)20-9-3-1-8(2-4-9)16-21(18)19/h1-7,16H,14H2,(H2,15,17)(H,18,19). The lowest BCUT2D eigenvalue weighted by Crippen LogP contribution is -2.13. The van der Waals surface area contributed by atoms with Gasteiger partial charge in [0.1, 0.15) is 11.5 Å². The molecule has 2 aromatic carbocycles. The molecule has 0 aliphatic rings. The van der Waals surface area contributed by atoms with Gasteiger partial charge in [-0.3, -0.25) is 14.1 Å². The predicted molar refractivity (Wildman–Crippen MR) is 80.3 cm³/mol. The highest BCUT2D eigenvalue weighted by Gasteiger charge is 2.08. The molecule has 0 saturated carbocycles. The number of benzene rings is 2. The van der Waals surface area contributed by atoms with Gasteiger partial charge in [0, 0.05) is 11.4 Å². The molecule has 0 radical (unpaired) electrons. The highest BCUT2D eigenvalue weighted by molar-refractivity contribution is 7.80. The Morgan fingerprint density at radius 3 is 2.33 bits per heavy atom. The van der Waals surface area contributed by atoms with Gasteiger partial charge < -0.3 is 16.2 Å². The lowest BCUT2D eigenvalue weighted by atomic mass is 10.1. The number of ether oxygens (including phenoxy) is 1. The van der Waals surface area contributed by atoms with Crippen LogP contribution in [0.2, 0.25) is 0 Å². The summed E-state index contributed by atoms with van der Waals surface area (Å²) in [5.74, 6) is 0.261. The summed E-state index contributed by atoms with van der Waals surface area (Å²) in [6.45, 7) is 0. The van der Waals surface area contributed by atoms with E-state index in [2.05, 4.69) is 4.72 Å². The van der Waals surface area contributed by atoms with Crippen LogP contribution in [0, 0.1) is 0 Å². The maximum absolute atomic E-state index is 11.2. The average Bonchev–Trinajstić information content (AvgIpc) is 2.42. The Balaban J connectivity index is 2.16. The largest absolute Gasteiger partial charge is 0.457 e. The molecule has 0 aliphatic carbocycles. The number of nitrogen functional groups attached to an aromatic ring is 1. The highest BCUT2D eigenvalue weighted by atomic mass is 32.2. The molecular formula is C13H13N3O4S.